The molecule has 0 rings (SSSR count). The third-order valence-electron chi connectivity index (χ3n) is 1.21. The van der Waals surface area contributed by atoms with Crippen LogP contribution in [0.1, 0.15) is 13.8 Å². The molecule has 0 N–H and O–H groups in total. The fourth-order valence-corrected chi connectivity index (χ4v) is 0.721. The molecular weight excluding hydrogens is 128 g/mol. The van der Waals surface area contributed by atoms with Crippen LogP contribution in [0.25, 0.3) is 0 Å². The van der Waals surface area contributed by atoms with Gasteiger partial charge in [0.25, 0.3) is 0 Å². The Bertz CT molecular complexity index is 127. The molecular formula is C8H14O2. The van der Waals surface area contributed by atoms with Crippen molar-refractivity contribution in [3.8, 4) is 0 Å². The molecule has 0 aliphatic carbocycles. The highest BCUT2D eigenvalue weighted by Gasteiger charge is 1.99. The Labute approximate surface area is 62.1 Å². The van der Waals surface area contributed by atoms with Crippen LogP contribution in [0.5, 0.6) is 0 Å². The van der Waals surface area contributed by atoms with Crippen molar-refractivity contribution >= 4 is 0 Å². The van der Waals surface area contributed by atoms with E-state index < -0.39 is 0 Å². The molecule has 0 heterocycles. The second kappa shape index (κ2) is 4.91. The molecule has 0 amide bonds. The molecule has 0 aliphatic heterocycles. The van der Waals surface area contributed by atoms with Crippen LogP contribution in [0.2, 0.25) is 0 Å². The quantitative estimate of drug-likeness (QED) is 0.443. The van der Waals surface area contributed by atoms with E-state index in [4.69, 9.17) is 9.47 Å². The molecule has 0 spiro atoms. The van der Waals surface area contributed by atoms with E-state index in [0.717, 1.165) is 11.5 Å². The monoisotopic (exact) mass is 142 g/mol. The summed E-state index contributed by atoms with van der Waals surface area (Å²) in [6.07, 6.45) is 3.72. The lowest BCUT2D eigenvalue weighted by atomic mass is 10.3. The van der Waals surface area contributed by atoms with Crippen LogP contribution in [0.4, 0.5) is 0 Å². The van der Waals surface area contributed by atoms with Gasteiger partial charge < -0.3 is 9.47 Å². The standard InChI is InChI=1S/C8H14O2/c1-5-7(9-3)8(6-2)10-4/h5-6H,1-4H3/b7-5+,8-6+. The first-order valence-electron chi connectivity index (χ1n) is 3.21. The summed E-state index contributed by atoms with van der Waals surface area (Å²) in [6, 6.07) is 0. The molecule has 2 nitrogen and oxygen atoms in total. The van der Waals surface area contributed by atoms with Crippen molar-refractivity contribution in [2.75, 3.05) is 14.2 Å². The topological polar surface area (TPSA) is 18.5 Å². The largest absolute Gasteiger partial charge is 0.493 e. The van der Waals surface area contributed by atoms with E-state index in [2.05, 4.69) is 0 Å². The molecule has 0 aromatic rings. The number of rotatable bonds is 3. The first-order valence-corrected chi connectivity index (χ1v) is 3.21. The average molecular weight is 142 g/mol. The summed E-state index contributed by atoms with van der Waals surface area (Å²) >= 11 is 0. The van der Waals surface area contributed by atoms with Gasteiger partial charge >= 0.3 is 0 Å². The van der Waals surface area contributed by atoms with Gasteiger partial charge in [0.1, 0.15) is 0 Å². The third kappa shape index (κ3) is 2.13. The van der Waals surface area contributed by atoms with Gasteiger partial charge in [-0.2, -0.15) is 0 Å². The number of allylic oxidation sites excluding steroid dienone is 2. The smallest absolute Gasteiger partial charge is 0.156 e. The van der Waals surface area contributed by atoms with E-state index in [-0.39, 0.29) is 0 Å². The van der Waals surface area contributed by atoms with Crippen molar-refractivity contribution in [3.05, 3.63) is 23.7 Å². The lowest BCUT2D eigenvalue weighted by Gasteiger charge is -2.07. The first-order chi connectivity index (χ1) is 4.79. The lowest BCUT2D eigenvalue weighted by Crippen LogP contribution is -1.93. The van der Waals surface area contributed by atoms with Gasteiger partial charge in [-0.1, -0.05) is 0 Å². The molecule has 10 heavy (non-hydrogen) atoms. The van der Waals surface area contributed by atoms with Crippen LogP contribution in [-0.2, 0) is 9.47 Å². The van der Waals surface area contributed by atoms with E-state index >= 15 is 0 Å². The Morgan fingerprint density at radius 2 is 1.20 bits per heavy atom. The van der Waals surface area contributed by atoms with Crippen LogP contribution >= 0.6 is 0 Å². The van der Waals surface area contributed by atoms with E-state index in [1.54, 1.807) is 14.2 Å². The Morgan fingerprint density at radius 3 is 1.30 bits per heavy atom. The lowest BCUT2D eigenvalue weighted by molar-refractivity contribution is 0.219. The Balaban J connectivity index is 4.27. The Hall–Kier alpha value is -0.920. The second-order valence-corrected chi connectivity index (χ2v) is 1.71. The number of hydrogen-bond donors (Lipinski definition) is 0. The summed E-state index contributed by atoms with van der Waals surface area (Å²) in [5, 5.41) is 0. The van der Waals surface area contributed by atoms with Crippen molar-refractivity contribution in [3.63, 3.8) is 0 Å². The highest BCUT2D eigenvalue weighted by molar-refractivity contribution is 5.18. The molecule has 0 atom stereocenters. The SMILES string of the molecule is C/C=C(OC)\C(=C/C)OC. The minimum atomic E-state index is 0.769. The van der Waals surface area contributed by atoms with Gasteiger partial charge in [-0.25, -0.2) is 0 Å². The molecule has 2 heteroatoms. The van der Waals surface area contributed by atoms with Gasteiger partial charge in [-0.05, 0) is 26.0 Å². The second-order valence-electron chi connectivity index (χ2n) is 1.71. The summed E-state index contributed by atoms with van der Waals surface area (Å²) < 4.78 is 10.0. The van der Waals surface area contributed by atoms with Gasteiger partial charge in [0.05, 0.1) is 14.2 Å². The maximum atomic E-state index is 5.01. The van der Waals surface area contributed by atoms with Crippen molar-refractivity contribution < 1.29 is 9.47 Å². The van der Waals surface area contributed by atoms with Crippen LogP contribution in [-0.4, -0.2) is 14.2 Å². The van der Waals surface area contributed by atoms with Crippen LogP contribution in [0.3, 0.4) is 0 Å². The minimum absolute atomic E-state index is 0.769. The van der Waals surface area contributed by atoms with Crippen LogP contribution < -0.4 is 0 Å². The van der Waals surface area contributed by atoms with Crippen LogP contribution in [0, 0.1) is 0 Å². The maximum Gasteiger partial charge on any atom is 0.156 e. The van der Waals surface area contributed by atoms with Crippen LogP contribution in [0.15, 0.2) is 23.7 Å². The van der Waals surface area contributed by atoms with E-state index in [9.17, 15) is 0 Å². The van der Waals surface area contributed by atoms with E-state index in [1.807, 2.05) is 26.0 Å². The molecule has 0 aromatic heterocycles. The van der Waals surface area contributed by atoms with E-state index in [0.29, 0.717) is 0 Å². The number of hydrogen-bond acceptors (Lipinski definition) is 2. The van der Waals surface area contributed by atoms with Gasteiger partial charge in [0.15, 0.2) is 11.5 Å². The Kier molecular flexibility index (Phi) is 4.46. The van der Waals surface area contributed by atoms with Gasteiger partial charge in [0.2, 0.25) is 0 Å². The number of ether oxygens (including phenoxy) is 2. The molecule has 58 valence electrons. The molecule has 0 aromatic carbocycles. The highest BCUT2D eigenvalue weighted by Crippen LogP contribution is 2.09. The van der Waals surface area contributed by atoms with Gasteiger partial charge in [-0.15, -0.1) is 0 Å². The number of methoxy groups -OCH3 is 2. The highest BCUT2D eigenvalue weighted by atomic mass is 16.5. The van der Waals surface area contributed by atoms with Gasteiger partial charge in [-0.3, -0.25) is 0 Å². The van der Waals surface area contributed by atoms with Crippen molar-refractivity contribution in [1.29, 1.82) is 0 Å². The molecule has 0 radical (unpaired) electrons. The fraction of sp³-hybridized carbons (Fsp3) is 0.500. The third-order valence-corrected chi connectivity index (χ3v) is 1.21. The fourth-order valence-electron chi connectivity index (χ4n) is 0.721. The van der Waals surface area contributed by atoms with E-state index in [1.165, 1.54) is 0 Å². The van der Waals surface area contributed by atoms with Crippen molar-refractivity contribution in [1.82, 2.24) is 0 Å². The zero-order chi connectivity index (χ0) is 7.98. The van der Waals surface area contributed by atoms with Crippen molar-refractivity contribution in [2.24, 2.45) is 0 Å². The van der Waals surface area contributed by atoms with Gasteiger partial charge in [0, 0.05) is 0 Å². The summed E-state index contributed by atoms with van der Waals surface area (Å²) in [5.41, 5.74) is 0. The molecule has 0 saturated heterocycles. The molecule has 0 saturated carbocycles. The summed E-state index contributed by atoms with van der Waals surface area (Å²) in [5.74, 6) is 1.54. The average Bonchev–Trinajstić information content (AvgIpc) is 2.00. The summed E-state index contributed by atoms with van der Waals surface area (Å²) in [7, 11) is 3.25. The maximum absolute atomic E-state index is 5.01. The normalized spacial score (nSPS) is 13.2. The Morgan fingerprint density at radius 1 is 0.900 bits per heavy atom. The predicted molar refractivity (Wildman–Crippen MR) is 41.5 cm³/mol. The first kappa shape index (κ1) is 9.08. The molecule has 0 fully saturated rings. The molecule has 0 aliphatic rings. The zero-order valence-corrected chi connectivity index (χ0v) is 6.97. The minimum Gasteiger partial charge on any atom is -0.493 e. The summed E-state index contributed by atoms with van der Waals surface area (Å²) in [4.78, 5) is 0. The molecule has 0 unspecified atom stereocenters. The van der Waals surface area contributed by atoms with Crippen molar-refractivity contribution in [2.45, 2.75) is 13.8 Å². The predicted octanol–water partition coefficient (Wildman–Crippen LogP) is 2.09. The molecule has 0 bridgehead atoms. The summed E-state index contributed by atoms with van der Waals surface area (Å²) in [6.45, 7) is 3.81. The zero-order valence-electron chi connectivity index (χ0n) is 6.97.